The van der Waals surface area contributed by atoms with E-state index in [0.717, 1.165) is 17.1 Å². The topological polar surface area (TPSA) is 67.0 Å². The van der Waals surface area contributed by atoms with Crippen LogP contribution >= 0.6 is 0 Å². The van der Waals surface area contributed by atoms with Crippen LogP contribution in [0.2, 0.25) is 0 Å². The first kappa shape index (κ1) is 18.2. The fourth-order valence-electron chi connectivity index (χ4n) is 2.93. The van der Waals surface area contributed by atoms with Gasteiger partial charge in [0, 0.05) is 22.8 Å². The number of anilines is 1. The lowest BCUT2D eigenvalue weighted by molar-refractivity contribution is 0.102. The molecule has 0 atom stereocenters. The molecule has 0 radical (unpaired) electrons. The van der Waals surface area contributed by atoms with Crippen molar-refractivity contribution >= 4 is 11.6 Å². The normalized spacial score (nSPS) is 10.3. The molecule has 0 aliphatic heterocycles. The highest BCUT2D eigenvalue weighted by atomic mass is 19.1. The fraction of sp³-hybridized carbons (Fsp3) is 0.143. The second kappa shape index (κ2) is 7.75. The minimum Gasteiger partial charge on any atom is -0.479 e. The molecular weight excluding hydrogens is 345 g/mol. The number of carbonyl (C=O) groups excluding carboxylic acids is 1. The van der Waals surface area contributed by atoms with Crippen LogP contribution in [0.3, 0.4) is 0 Å². The molecule has 0 saturated carbocycles. The van der Waals surface area contributed by atoms with Crippen LogP contribution in [0.5, 0.6) is 5.75 Å². The lowest BCUT2D eigenvalue weighted by Crippen LogP contribution is -2.13. The van der Waals surface area contributed by atoms with Gasteiger partial charge in [-0.2, -0.15) is 5.26 Å². The van der Waals surface area contributed by atoms with Gasteiger partial charge in [-0.3, -0.25) is 4.79 Å². The zero-order valence-electron chi connectivity index (χ0n) is 15.0. The Bertz CT molecular complexity index is 1000. The highest BCUT2D eigenvalue weighted by Gasteiger charge is 2.17. The van der Waals surface area contributed by atoms with E-state index in [9.17, 15) is 9.18 Å². The van der Waals surface area contributed by atoms with Gasteiger partial charge in [-0.25, -0.2) is 4.39 Å². The molecule has 1 heterocycles. The number of nitrogens with one attached hydrogen (secondary N) is 1. The van der Waals surface area contributed by atoms with Gasteiger partial charge in [0.15, 0.2) is 6.61 Å². The molecule has 0 aliphatic carbocycles. The lowest BCUT2D eigenvalue weighted by Gasteiger charge is -2.10. The molecule has 0 spiro atoms. The molecule has 3 aromatic rings. The maximum Gasteiger partial charge on any atom is 0.257 e. The van der Waals surface area contributed by atoms with Gasteiger partial charge >= 0.3 is 0 Å². The number of ether oxygens (including phenoxy) is 1. The van der Waals surface area contributed by atoms with Crippen molar-refractivity contribution in [2.24, 2.45) is 0 Å². The van der Waals surface area contributed by atoms with E-state index in [1.54, 1.807) is 42.5 Å². The van der Waals surface area contributed by atoms with Crippen LogP contribution in [-0.4, -0.2) is 17.1 Å². The number of benzene rings is 2. The molecule has 0 bridgehead atoms. The minimum absolute atomic E-state index is 0.0267. The van der Waals surface area contributed by atoms with E-state index in [-0.39, 0.29) is 18.3 Å². The molecule has 3 rings (SSSR count). The Morgan fingerprint density at radius 1 is 1.15 bits per heavy atom. The summed E-state index contributed by atoms with van der Waals surface area (Å²) in [5.74, 6) is 0.0209. The highest BCUT2D eigenvalue weighted by molar-refractivity contribution is 6.05. The molecule has 1 aromatic heterocycles. The minimum atomic E-state index is -0.304. The summed E-state index contributed by atoms with van der Waals surface area (Å²) in [5.41, 5.74) is 3.61. The van der Waals surface area contributed by atoms with Gasteiger partial charge in [0.25, 0.3) is 5.91 Å². The van der Waals surface area contributed by atoms with Crippen molar-refractivity contribution in [3.63, 3.8) is 0 Å². The third-order valence-electron chi connectivity index (χ3n) is 4.18. The molecule has 1 N–H and O–H groups in total. The Labute approximate surface area is 156 Å². The van der Waals surface area contributed by atoms with Gasteiger partial charge in [0.05, 0.1) is 5.56 Å². The molecule has 6 heteroatoms. The molecule has 27 heavy (non-hydrogen) atoms. The van der Waals surface area contributed by atoms with Gasteiger partial charge in [0.1, 0.15) is 17.6 Å². The Morgan fingerprint density at radius 3 is 2.44 bits per heavy atom. The largest absolute Gasteiger partial charge is 0.479 e. The van der Waals surface area contributed by atoms with Crippen molar-refractivity contribution in [1.82, 2.24) is 4.57 Å². The van der Waals surface area contributed by atoms with Crippen LogP contribution < -0.4 is 10.1 Å². The average Bonchev–Trinajstić information content (AvgIpc) is 2.96. The summed E-state index contributed by atoms with van der Waals surface area (Å²) in [7, 11) is 0. The Kier molecular flexibility index (Phi) is 5.23. The maximum atomic E-state index is 13.2. The summed E-state index contributed by atoms with van der Waals surface area (Å²) in [6, 6.07) is 16.6. The van der Waals surface area contributed by atoms with E-state index in [1.807, 2.05) is 24.5 Å². The first-order valence-electron chi connectivity index (χ1n) is 8.35. The number of carbonyl (C=O) groups is 1. The summed E-state index contributed by atoms with van der Waals surface area (Å²) < 4.78 is 20.3. The summed E-state index contributed by atoms with van der Waals surface area (Å²) in [6.07, 6.45) is 0. The van der Waals surface area contributed by atoms with Crippen LogP contribution in [-0.2, 0) is 0 Å². The quantitative estimate of drug-likeness (QED) is 0.731. The zero-order chi connectivity index (χ0) is 19.4. The number of nitriles is 1. The van der Waals surface area contributed by atoms with Gasteiger partial charge in [0.2, 0.25) is 0 Å². The van der Waals surface area contributed by atoms with E-state index in [0.29, 0.717) is 17.0 Å². The number of amides is 1. The molecule has 1 amide bonds. The van der Waals surface area contributed by atoms with Crippen LogP contribution in [0.25, 0.3) is 5.69 Å². The smallest absolute Gasteiger partial charge is 0.257 e. The van der Waals surface area contributed by atoms with Crippen LogP contribution in [0, 0.1) is 31.0 Å². The van der Waals surface area contributed by atoms with E-state index >= 15 is 0 Å². The second-order valence-electron chi connectivity index (χ2n) is 6.02. The molecule has 0 aliphatic rings. The van der Waals surface area contributed by atoms with Crippen molar-refractivity contribution in [2.75, 3.05) is 11.9 Å². The highest BCUT2D eigenvalue weighted by Crippen LogP contribution is 2.23. The van der Waals surface area contributed by atoms with Crippen LogP contribution in [0.1, 0.15) is 21.7 Å². The Hall–Kier alpha value is -3.59. The second-order valence-corrected chi connectivity index (χ2v) is 6.02. The average molecular weight is 363 g/mol. The third-order valence-corrected chi connectivity index (χ3v) is 4.18. The van der Waals surface area contributed by atoms with Gasteiger partial charge in [-0.05, 0) is 68.4 Å². The monoisotopic (exact) mass is 363 g/mol. The number of hydrogen-bond acceptors (Lipinski definition) is 3. The van der Waals surface area contributed by atoms with Crippen molar-refractivity contribution in [2.45, 2.75) is 13.8 Å². The fourth-order valence-corrected chi connectivity index (χ4v) is 2.93. The number of aryl methyl sites for hydroxylation is 1. The number of halogens is 1. The first-order chi connectivity index (χ1) is 13.0. The van der Waals surface area contributed by atoms with Gasteiger partial charge in [-0.1, -0.05) is 0 Å². The summed E-state index contributed by atoms with van der Waals surface area (Å²) in [6.45, 7) is 3.72. The summed E-state index contributed by atoms with van der Waals surface area (Å²) >= 11 is 0. The molecule has 0 unspecified atom stereocenters. The summed E-state index contributed by atoms with van der Waals surface area (Å²) in [5, 5.41) is 11.4. The standard InChI is InChI=1S/C21H18FN3O2/c1-14-13-20(15(2)25(14)18-7-3-16(22)4-8-18)21(26)24-17-5-9-19(10-6-17)27-12-11-23/h3-10,13H,12H2,1-2H3,(H,24,26). The van der Waals surface area contributed by atoms with E-state index in [4.69, 9.17) is 10.00 Å². The van der Waals surface area contributed by atoms with E-state index < -0.39 is 0 Å². The predicted molar refractivity (Wildman–Crippen MR) is 101 cm³/mol. The number of nitrogens with zero attached hydrogens (tertiary/aromatic N) is 2. The van der Waals surface area contributed by atoms with Crippen molar-refractivity contribution in [3.05, 3.63) is 77.4 Å². The van der Waals surface area contributed by atoms with E-state index in [2.05, 4.69) is 5.32 Å². The molecular formula is C21H18FN3O2. The van der Waals surface area contributed by atoms with Crippen LogP contribution in [0.15, 0.2) is 54.6 Å². The lowest BCUT2D eigenvalue weighted by atomic mass is 10.2. The van der Waals surface area contributed by atoms with Gasteiger partial charge < -0.3 is 14.6 Å². The number of aromatic nitrogens is 1. The number of rotatable bonds is 5. The molecule has 0 saturated heterocycles. The van der Waals surface area contributed by atoms with Crippen molar-refractivity contribution in [1.29, 1.82) is 5.26 Å². The Balaban J connectivity index is 1.80. The third kappa shape index (κ3) is 3.98. The van der Waals surface area contributed by atoms with Crippen molar-refractivity contribution < 1.29 is 13.9 Å². The summed E-state index contributed by atoms with van der Waals surface area (Å²) in [4.78, 5) is 12.7. The van der Waals surface area contributed by atoms with E-state index in [1.165, 1.54) is 12.1 Å². The number of hydrogen-bond donors (Lipinski definition) is 1. The maximum absolute atomic E-state index is 13.2. The van der Waals surface area contributed by atoms with Gasteiger partial charge in [-0.15, -0.1) is 0 Å². The molecule has 2 aromatic carbocycles. The zero-order valence-corrected chi connectivity index (χ0v) is 15.0. The first-order valence-corrected chi connectivity index (χ1v) is 8.35. The molecule has 0 fully saturated rings. The Morgan fingerprint density at radius 2 is 1.81 bits per heavy atom. The predicted octanol–water partition coefficient (Wildman–Crippen LogP) is 4.39. The molecule has 5 nitrogen and oxygen atoms in total. The SMILES string of the molecule is Cc1cc(C(=O)Nc2ccc(OCC#N)cc2)c(C)n1-c1ccc(F)cc1. The van der Waals surface area contributed by atoms with Crippen LogP contribution in [0.4, 0.5) is 10.1 Å². The van der Waals surface area contributed by atoms with Crippen molar-refractivity contribution in [3.8, 4) is 17.5 Å². The molecule has 136 valence electrons.